The number of para-hydroxylation sites is 1. The largest absolute Gasteiger partial charge is 0.484 e. The Kier molecular flexibility index (Phi) is 5.49. The number of carbonyl (C=O) groups excluding carboxylic acids is 1. The van der Waals surface area contributed by atoms with Gasteiger partial charge in [-0.1, -0.05) is 28.9 Å². The SMILES string of the molecule is O=C(COc1ccc(Cl)cc1)Nc1ccccc1-c1nc(-c2cccnc2)no1. The fourth-order valence-electron chi connectivity index (χ4n) is 2.59. The molecule has 0 aliphatic heterocycles. The van der Waals surface area contributed by atoms with Crippen LogP contribution in [0.4, 0.5) is 5.69 Å². The third-order valence-electron chi connectivity index (χ3n) is 3.96. The molecule has 0 aliphatic rings. The minimum atomic E-state index is -0.320. The molecule has 8 heteroatoms. The number of carbonyl (C=O) groups is 1. The second kappa shape index (κ2) is 8.53. The number of nitrogens with one attached hydrogen (secondary N) is 1. The number of ether oxygens (including phenoxy) is 1. The molecule has 0 atom stereocenters. The van der Waals surface area contributed by atoms with Gasteiger partial charge in [0.05, 0.1) is 11.3 Å². The van der Waals surface area contributed by atoms with Crippen molar-refractivity contribution in [3.63, 3.8) is 0 Å². The highest BCUT2D eigenvalue weighted by Gasteiger charge is 2.15. The number of amides is 1. The average Bonchev–Trinajstić information content (AvgIpc) is 3.24. The van der Waals surface area contributed by atoms with Crippen molar-refractivity contribution >= 4 is 23.2 Å². The number of nitrogens with zero attached hydrogens (tertiary/aromatic N) is 3. The highest BCUT2D eigenvalue weighted by Crippen LogP contribution is 2.28. The zero-order chi connectivity index (χ0) is 20.1. The van der Waals surface area contributed by atoms with E-state index in [0.717, 1.165) is 5.56 Å². The molecular weight excluding hydrogens is 392 g/mol. The van der Waals surface area contributed by atoms with Crippen LogP contribution in [0.25, 0.3) is 22.8 Å². The van der Waals surface area contributed by atoms with Crippen molar-refractivity contribution in [2.45, 2.75) is 0 Å². The Labute approximate surface area is 171 Å². The first-order chi connectivity index (χ1) is 14.2. The summed E-state index contributed by atoms with van der Waals surface area (Å²) in [5.74, 6) is 0.939. The van der Waals surface area contributed by atoms with E-state index in [1.165, 1.54) is 0 Å². The van der Waals surface area contributed by atoms with Gasteiger partial charge in [-0.2, -0.15) is 4.98 Å². The third-order valence-corrected chi connectivity index (χ3v) is 4.21. The van der Waals surface area contributed by atoms with Gasteiger partial charge in [-0.15, -0.1) is 0 Å². The number of rotatable bonds is 6. The molecule has 144 valence electrons. The van der Waals surface area contributed by atoms with E-state index in [1.54, 1.807) is 60.9 Å². The molecule has 29 heavy (non-hydrogen) atoms. The van der Waals surface area contributed by atoms with E-state index in [0.29, 0.717) is 33.7 Å². The molecule has 0 unspecified atom stereocenters. The van der Waals surface area contributed by atoms with E-state index in [-0.39, 0.29) is 12.5 Å². The Hall–Kier alpha value is -3.71. The lowest BCUT2D eigenvalue weighted by molar-refractivity contribution is -0.118. The number of hydrogen-bond donors (Lipinski definition) is 1. The van der Waals surface area contributed by atoms with Gasteiger partial charge < -0.3 is 14.6 Å². The lowest BCUT2D eigenvalue weighted by atomic mass is 10.1. The molecule has 1 N–H and O–H groups in total. The van der Waals surface area contributed by atoms with Gasteiger partial charge in [0, 0.05) is 23.0 Å². The summed E-state index contributed by atoms with van der Waals surface area (Å²) in [6, 6.07) is 17.6. The lowest BCUT2D eigenvalue weighted by Gasteiger charge is -2.09. The molecule has 0 saturated carbocycles. The van der Waals surface area contributed by atoms with Crippen molar-refractivity contribution in [2.24, 2.45) is 0 Å². The van der Waals surface area contributed by atoms with Crippen molar-refractivity contribution < 1.29 is 14.1 Å². The summed E-state index contributed by atoms with van der Waals surface area (Å²) in [6.45, 7) is -0.152. The number of benzene rings is 2. The Morgan fingerprint density at radius 2 is 1.90 bits per heavy atom. The molecule has 2 aromatic carbocycles. The van der Waals surface area contributed by atoms with Crippen molar-refractivity contribution in [3.05, 3.63) is 78.1 Å². The van der Waals surface area contributed by atoms with Crippen molar-refractivity contribution in [1.29, 1.82) is 0 Å². The van der Waals surface area contributed by atoms with Gasteiger partial charge in [-0.3, -0.25) is 9.78 Å². The summed E-state index contributed by atoms with van der Waals surface area (Å²) in [4.78, 5) is 20.8. The first kappa shape index (κ1) is 18.6. The lowest BCUT2D eigenvalue weighted by Crippen LogP contribution is -2.20. The summed E-state index contributed by atoms with van der Waals surface area (Å²) in [7, 11) is 0. The molecule has 0 spiro atoms. The van der Waals surface area contributed by atoms with E-state index >= 15 is 0 Å². The van der Waals surface area contributed by atoms with Crippen LogP contribution in [0.3, 0.4) is 0 Å². The molecule has 2 aromatic heterocycles. The zero-order valence-corrected chi connectivity index (χ0v) is 15.8. The van der Waals surface area contributed by atoms with E-state index in [9.17, 15) is 4.79 Å². The van der Waals surface area contributed by atoms with Gasteiger partial charge in [0.2, 0.25) is 5.82 Å². The smallest absolute Gasteiger partial charge is 0.262 e. The van der Waals surface area contributed by atoms with Crippen molar-refractivity contribution in [2.75, 3.05) is 11.9 Å². The Bertz CT molecular complexity index is 1110. The second-order valence-electron chi connectivity index (χ2n) is 6.00. The highest BCUT2D eigenvalue weighted by atomic mass is 35.5. The molecule has 1 amide bonds. The first-order valence-electron chi connectivity index (χ1n) is 8.71. The summed E-state index contributed by atoms with van der Waals surface area (Å²) in [5, 5.41) is 7.40. The maximum Gasteiger partial charge on any atom is 0.262 e. The minimum Gasteiger partial charge on any atom is -0.484 e. The third kappa shape index (κ3) is 4.59. The van der Waals surface area contributed by atoms with Crippen LogP contribution in [0.1, 0.15) is 0 Å². The quantitative estimate of drug-likeness (QED) is 0.508. The normalized spacial score (nSPS) is 10.5. The Morgan fingerprint density at radius 1 is 1.07 bits per heavy atom. The van der Waals surface area contributed by atoms with Gasteiger partial charge in [-0.25, -0.2) is 0 Å². The number of pyridine rings is 1. The molecule has 0 aliphatic carbocycles. The van der Waals surface area contributed by atoms with Crippen LogP contribution in [-0.4, -0.2) is 27.6 Å². The molecule has 0 saturated heterocycles. The summed E-state index contributed by atoms with van der Waals surface area (Å²) in [6.07, 6.45) is 3.32. The van der Waals surface area contributed by atoms with Gasteiger partial charge in [0.1, 0.15) is 5.75 Å². The van der Waals surface area contributed by atoms with Crippen LogP contribution < -0.4 is 10.1 Å². The van der Waals surface area contributed by atoms with E-state index in [2.05, 4.69) is 20.4 Å². The fourth-order valence-corrected chi connectivity index (χ4v) is 2.72. The van der Waals surface area contributed by atoms with Crippen LogP contribution in [0, 0.1) is 0 Å². The molecule has 0 radical (unpaired) electrons. The Balaban J connectivity index is 1.48. The van der Waals surface area contributed by atoms with Crippen molar-refractivity contribution in [1.82, 2.24) is 15.1 Å². The summed E-state index contributed by atoms with van der Waals surface area (Å²) < 4.78 is 10.9. The van der Waals surface area contributed by atoms with Crippen LogP contribution in [0.5, 0.6) is 5.75 Å². The topological polar surface area (TPSA) is 90.1 Å². The summed E-state index contributed by atoms with van der Waals surface area (Å²) in [5.41, 5.74) is 1.88. The predicted molar refractivity (Wildman–Crippen MR) is 109 cm³/mol. The van der Waals surface area contributed by atoms with Crippen LogP contribution in [0.2, 0.25) is 5.02 Å². The zero-order valence-electron chi connectivity index (χ0n) is 15.1. The number of halogens is 1. The van der Waals surface area contributed by atoms with Gasteiger partial charge >= 0.3 is 0 Å². The van der Waals surface area contributed by atoms with E-state index in [1.807, 2.05) is 12.1 Å². The average molecular weight is 407 g/mol. The molecule has 0 fully saturated rings. The predicted octanol–water partition coefficient (Wildman–Crippen LogP) is 4.47. The van der Waals surface area contributed by atoms with Crippen molar-refractivity contribution in [3.8, 4) is 28.6 Å². The van der Waals surface area contributed by atoms with Crippen LogP contribution in [-0.2, 0) is 4.79 Å². The number of aromatic nitrogens is 3. The molecular formula is C21H15ClN4O3. The van der Waals surface area contributed by atoms with Gasteiger partial charge in [0.25, 0.3) is 11.8 Å². The maximum absolute atomic E-state index is 12.3. The van der Waals surface area contributed by atoms with E-state index in [4.69, 9.17) is 20.9 Å². The number of anilines is 1. The van der Waals surface area contributed by atoms with E-state index < -0.39 is 0 Å². The van der Waals surface area contributed by atoms with Crippen LogP contribution >= 0.6 is 11.6 Å². The summed E-state index contributed by atoms with van der Waals surface area (Å²) >= 11 is 5.84. The highest BCUT2D eigenvalue weighted by molar-refractivity contribution is 6.30. The molecule has 4 aromatic rings. The molecule has 7 nitrogen and oxygen atoms in total. The molecule has 0 bridgehead atoms. The maximum atomic E-state index is 12.3. The second-order valence-corrected chi connectivity index (χ2v) is 6.44. The van der Waals surface area contributed by atoms with Crippen LogP contribution in [0.15, 0.2) is 77.6 Å². The standard InChI is InChI=1S/C21H15ClN4O3/c22-15-7-9-16(10-8-15)28-13-19(27)24-18-6-2-1-5-17(18)21-25-20(26-29-21)14-4-3-11-23-12-14/h1-12H,13H2,(H,24,27). The fraction of sp³-hybridized carbons (Fsp3) is 0.0476. The molecule has 4 rings (SSSR count). The van der Waals surface area contributed by atoms with Gasteiger partial charge in [-0.05, 0) is 48.5 Å². The minimum absolute atomic E-state index is 0.152. The molecule has 2 heterocycles. The monoisotopic (exact) mass is 406 g/mol. The Morgan fingerprint density at radius 3 is 2.69 bits per heavy atom. The number of hydrogen-bond acceptors (Lipinski definition) is 6. The first-order valence-corrected chi connectivity index (χ1v) is 9.08. The van der Waals surface area contributed by atoms with Gasteiger partial charge in [0.15, 0.2) is 6.61 Å².